The van der Waals surface area contributed by atoms with Gasteiger partial charge in [0.1, 0.15) is 0 Å². The zero-order valence-electron chi connectivity index (χ0n) is 15.6. The molecule has 28 heavy (non-hydrogen) atoms. The van der Waals surface area contributed by atoms with Crippen LogP contribution in [0.5, 0.6) is 0 Å². The van der Waals surface area contributed by atoms with Gasteiger partial charge in [-0.1, -0.05) is 42.5 Å². The summed E-state index contributed by atoms with van der Waals surface area (Å²) in [7, 11) is 0. The predicted octanol–water partition coefficient (Wildman–Crippen LogP) is 5.89. The average Bonchev–Trinajstić information content (AvgIpc) is 2.67. The Balaban J connectivity index is 0.000000306. The van der Waals surface area contributed by atoms with Gasteiger partial charge in [-0.05, 0) is 36.4 Å². The van der Waals surface area contributed by atoms with Gasteiger partial charge in [0.15, 0.2) is 5.78 Å². The topological polar surface area (TPSA) is 50.2 Å². The molecule has 143 valence electrons. The number of aliphatic hydroxyl groups is 1. The molecular weight excluding hydrogens is 526 g/mol. The van der Waals surface area contributed by atoms with Crippen LogP contribution in [0.15, 0.2) is 84.6 Å². The Labute approximate surface area is 178 Å². The second-order valence-corrected chi connectivity index (χ2v) is 6.20. The minimum absolute atomic E-state index is 0. The minimum atomic E-state index is -0.125. The summed E-state index contributed by atoms with van der Waals surface area (Å²) in [6.07, 6.45) is 1.17. The molecule has 4 heteroatoms. The van der Waals surface area contributed by atoms with Crippen molar-refractivity contribution in [3.05, 3.63) is 90.7 Å². The van der Waals surface area contributed by atoms with E-state index in [2.05, 4.69) is 54.6 Å². The van der Waals surface area contributed by atoms with Crippen molar-refractivity contribution in [1.29, 1.82) is 0 Å². The minimum Gasteiger partial charge on any atom is -0.512 e. The normalized spacial score (nSPS) is 10.7. The van der Waals surface area contributed by atoms with E-state index in [1.54, 1.807) is 0 Å². The van der Waals surface area contributed by atoms with Crippen LogP contribution in [0.25, 0.3) is 32.9 Å². The average molecular weight is 547 g/mol. The summed E-state index contributed by atoms with van der Waals surface area (Å²) in [4.78, 5) is 14.9. The van der Waals surface area contributed by atoms with E-state index in [1.165, 1.54) is 36.1 Å². The number of aliphatic hydroxyl groups excluding tert-OH is 1. The first-order valence-electron chi connectivity index (χ1n) is 8.68. The molecule has 3 aromatic carbocycles. The number of nitrogens with zero attached hydrogens (tertiary/aromatic N) is 1. The second kappa shape index (κ2) is 9.93. The molecule has 4 rings (SSSR count). The van der Waals surface area contributed by atoms with Crippen molar-refractivity contribution in [2.24, 2.45) is 0 Å². The van der Waals surface area contributed by atoms with Crippen LogP contribution in [0.2, 0.25) is 0 Å². The molecule has 0 saturated carbocycles. The fourth-order valence-electron chi connectivity index (χ4n) is 2.94. The van der Waals surface area contributed by atoms with Crippen molar-refractivity contribution < 1.29 is 30.0 Å². The van der Waals surface area contributed by atoms with Crippen molar-refractivity contribution in [2.45, 2.75) is 13.8 Å². The van der Waals surface area contributed by atoms with Crippen molar-refractivity contribution in [3.8, 4) is 11.3 Å². The first-order chi connectivity index (χ1) is 13.1. The molecule has 0 aliphatic rings. The number of benzene rings is 3. The summed E-state index contributed by atoms with van der Waals surface area (Å²) >= 11 is 0. The summed E-state index contributed by atoms with van der Waals surface area (Å²) in [6, 6.07) is 28.0. The van der Waals surface area contributed by atoms with Gasteiger partial charge in [0.25, 0.3) is 0 Å². The number of rotatable bonds is 2. The molecule has 1 heterocycles. The van der Waals surface area contributed by atoms with Crippen LogP contribution in [0, 0.1) is 6.07 Å². The number of pyridine rings is 1. The van der Waals surface area contributed by atoms with E-state index >= 15 is 0 Å². The van der Waals surface area contributed by atoms with Gasteiger partial charge in [0.2, 0.25) is 0 Å². The second-order valence-electron chi connectivity index (χ2n) is 6.20. The number of carbonyl (C=O) groups is 1. The molecule has 0 saturated heterocycles. The van der Waals surface area contributed by atoms with Gasteiger partial charge >= 0.3 is 0 Å². The third-order valence-corrected chi connectivity index (χ3v) is 3.98. The molecule has 0 bridgehead atoms. The largest absolute Gasteiger partial charge is 0.512 e. The molecule has 0 aliphatic heterocycles. The summed E-state index contributed by atoms with van der Waals surface area (Å²) in [5, 5.41) is 12.0. The maximum Gasteiger partial charge on any atom is 0.155 e. The Kier molecular flexibility index (Phi) is 7.62. The monoisotopic (exact) mass is 547 g/mol. The van der Waals surface area contributed by atoms with Gasteiger partial charge in [0.05, 0.1) is 11.3 Å². The Morgan fingerprint density at radius 1 is 0.893 bits per heavy atom. The van der Waals surface area contributed by atoms with Gasteiger partial charge < -0.3 is 5.11 Å². The number of allylic oxidation sites excluding steroid dienone is 2. The van der Waals surface area contributed by atoms with Crippen molar-refractivity contribution in [2.75, 3.05) is 0 Å². The molecule has 0 fully saturated rings. The van der Waals surface area contributed by atoms with Crippen LogP contribution in [-0.4, -0.2) is 15.9 Å². The molecule has 3 nitrogen and oxygen atoms in total. The van der Waals surface area contributed by atoms with Gasteiger partial charge in [-0.15, -0.1) is 35.9 Å². The number of hydrogen-bond acceptors (Lipinski definition) is 3. The van der Waals surface area contributed by atoms with Crippen LogP contribution in [0.1, 0.15) is 13.8 Å². The van der Waals surface area contributed by atoms with Gasteiger partial charge in [-0.2, -0.15) is 0 Å². The quantitative estimate of drug-likeness (QED) is 0.148. The Hall–Kier alpha value is -2.81. The summed E-state index contributed by atoms with van der Waals surface area (Å²) in [5.74, 6) is -0.0625. The third-order valence-electron chi connectivity index (χ3n) is 3.98. The van der Waals surface area contributed by atoms with Gasteiger partial charge in [-0.3, -0.25) is 9.78 Å². The van der Waals surface area contributed by atoms with E-state index in [0.717, 1.165) is 16.8 Å². The zero-order chi connectivity index (χ0) is 19.2. The van der Waals surface area contributed by atoms with Crippen LogP contribution in [0.4, 0.5) is 0 Å². The summed E-state index contributed by atoms with van der Waals surface area (Å²) in [6.45, 7) is 2.85. The molecule has 1 radical (unpaired) electrons. The standard InChI is InChI=1S/C19H12N.C5H8O2.Ir/c1-2-8-14(9-3-1)19-17-12-5-4-10-15(17)16-11-6-7-13-18(16)20-19;1-4(6)3-5(2)7;/h1-8,10-13H;3,6H,1-2H3;/q-1;;. The predicted molar refractivity (Wildman–Crippen MR) is 111 cm³/mol. The first kappa shape index (κ1) is 21.5. The molecule has 0 atom stereocenters. The van der Waals surface area contributed by atoms with E-state index < -0.39 is 0 Å². The van der Waals surface area contributed by atoms with Crippen LogP contribution in [0.3, 0.4) is 0 Å². The summed E-state index contributed by atoms with van der Waals surface area (Å²) in [5.41, 5.74) is 3.06. The number of ketones is 1. The molecule has 1 N–H and O–H groups in total. The van der Waals surface area contributed by atoms with E-state index in [1.807, 2.05) is 24.3 Å². The molecule has 0 unspecified atom stereocenters. The van der Waals surface area contributed by atoms with Gasteiger partial charge in [0, 0.05) is 31.6 Å². The number of fused-ring (bicyclic) bond motifs is 3. The van der Waals surface area contributed by atoms with Crippen LogP contribution < -0.4 is 0 Å². The number of hydrogen-bond donors (Lipinski definition) is 1. The van der Waals surface area contributed by atoms with E-state index in [4.69, 9.17) is 10.1 Å². The fraction of sp³-hybridized carbons (Fsp3) is 0.0833. The number of para-hydroxylation sites is 1. The van der Waals surface area contributed by atoms with Crippen LogP contribution in [-0.2, 0) is 24.9 Å². The molecular formula is C24H20IrNO2-. The Morgan fingerprint density at radius 2 is 1.50 bits per heavy atom. The van der Waals surface area contributed by atoms with E-state index in [0.29, 0.717) is 0 Å². The smallest absolute Gasteiger partial charge is 0.155 e. The SMILES string of the molecule is CC(=O)C=C(C)O.[Ir].[c-]1ccccc1-c1nc2ccccc2c2ccccc12. The molecule has 0 aliphatic carbocycles. The van der Waals surface area contributed by atoms with E-state index in [9.17, 15) is 4.79 Å². The van der Waals surface area contributed by atoms with Crippen molar-refractivity contribution in [3.63, 3.8) is 0 Å². The maximum atomic E-state index is 10.0. The van der Waals surface area contributed by atoms with Crippen molar-refractivity contribution >= 4 is 27.5 Å². The first-order valence-corrected chi connectivity index (χ1v) is 8.68. The molecule has 1 aromatic heterocycles. The number of aromatic nitrogens is 1. The van der Waals surface area contributed by atoms with Crippen LogP contribution >= 0.6 is 0 Å². The summed E-state index contributed by atoms with van der Waals surface area (Å²) < 4.78 is 0. The Bertz CT molecular complexity index is 1120. The van der Waals surface area contributed by atoms with E-state index in [-0.39, 0.29) is 31.6 Å². The maximum absolute atomic E-state index is 10.0. The van der Waals surface area contributed by atoms with Gasteiger partial charge in [-0.25, -0.2) is 0 Å². The third kappa shape index (κ3) is 5.13. The zero-order valence-corrected chi connectivity index (χ0v) is 18.0. The van der Waals surface area contributed by atoms with Crippen molar-refractivity contribution in [1.82, 2.24) is 4.98 Å². The molecule has 0 spiro atoms. The molecule has 0 amide bonds. The molecule has 4 aromatic rings. The Morgan fingerprint density at radius 3 is 2.07 bits per heavy atom. The fourth-order valence-corrected chi connectivity index (χ4v) is 2.94. The number of carbonyl (C=O) groups excluding carboxylic acids is 1.